The van der Waals surface area contributed by atoms with Gasteiger partial charge in [0.15, 0.2) is 0 Å². The van der Waals surface area contributed by atoms with E-state index in [-0.39, 0.29) is 17.6 Å². The number of halogens is 2. The van der Waals surface area contributed by atoms with E-state index in [9.17, 15) is 12.8 Å². The number of nitrogens with one attached hydrogen (secondary N) is 2. The molecule has 0 fully saturated rings. The fourth-order valence-corrected chi connectivity index (χ4v) is 4.11. The summed E-state index contributed by atoms with van der Waals surface area (Å²) in [6.07, 6.45) is 0.905. The summed E-state index contributed by atoms with van der Waals surface area (Å²) in [5, 5.41) is 3.45. The van der Waals surface area contributed by atoms with Crippen LogP contribution < -0.4 is 10.0 Å². The third kappa shape index (κ3) is 3.55. The average Bonchev–Trinajstić information content (AvgIpc) is 2.55. The predicted octanol–water partition coefficient (Wildman–Crippen LogP) is 2.64. The second kappa shape index (κ2) is 6.57. The molecule has 1 atom stereocenters. The molecule has 23 heavy (non-hydrogen) atoms. The number of fused-ring (bicyclic) bond motifs is 1. The van der Waals surface area contributed by atoms with Crippen LogP contribution in [0.1, 0.15) is 17.2 Å². The summed E-state index contributed by atoms with van der Waals surface area (Å²) in [5.41, 5.74) is 2.26. The van der Waals surface area contributed by atoms with Gasteiger partial charge < -0.3 is 5.32 Å². The largest absolute Gasteiger partial charge is 0.308 e. The molecule has 0 aliphatic carbocycles. The zero-order valence-corrected chi connectivity index (χ0v) is 13.8. The van der Waals surface area contributed by atoms with Crippen LogP contribution >= 0.6 is 11.6 Å². The predicted molar refractivity (Wildman–Crippen MR) is 87.5 cm³/mol. The Balaban J connectivity index is 1.79. The minimum absolute atomic E-state index is 0.142. The lowest BCUT2D eigenvalue weighted by atomic mass is 9.95. The Hall–Kier alpha value is -1.47. The maximum absolute atomic E-state index is 13.8. The monoisotopic (exact) mass is 354 g/mol. The van der Waals surface area contributed by atoms with E-state index in [4.69, 9.17) is 11.6 Å². The van der Waals surface area contributed by atoms with E-state index >= 15 is 0 Å². The fraction of sp³-hybridized carbons (Fsp3) is 0.250. The average molecular weight is 355 g/mol. The van der Waals surface area contributed by atoms with E-state index in [1.54, 1.807) is 0 Å². The molecule has 0 amide bonds. The van der Waals surface area contributed by atoms with Crippen LogP contribution in [0, 0.1) is 5.82 Å². The van der Waals surface area contributed by atoms with Crippen molar-refractivity contribution in [2.75, 3.05) is 13.1 Å². The van der Waals surface area contributed by atoms with E-state index in [0.717, 1.165) is 30.7 Å². The summed E-state index contributed by atoms with van der Waals surface area (Å²) < 4.78 is 40.9. The van der Waals surface area contributed by atoms with Gasteiger partial charge in [-0.3, -0.25) is 0 Å². The molecule has 0 saturated carbocycles. The van der Waals surface area contributed by atoms with Gasteiger partial charge in [-0.15, -0.1) is 0 Å². The van der Waals surface area contributed by atoms with Gasteiger partial charge in [0.1, 0.15) is 10.7 Å². The van der Waals surface area contributed by atoms with E-state index < -0.39 is 20.7 Å². The molecule has 0 saturated heterocycles. The second-order valence-electron chi connectivity index (χ2n) is 5.38. The van der Waals surface area contributed by atoms with Gasteiger partial charge in [-0.05, 0) is 42.3 Å². The van der Waals surface area contributed by atoms with Crippen molar-refractivity contribution in [1.82, 2.24) is 10.0 Å². The number of benzene rings is 2. The molecule has 1 aliphatic heterocycles. The Labute approximate surface area is 139 Å². The van der Waals surface area contributed by atoms with Crippen LogP contribution in [0.15, 0.2) is 47.4 Å². The molecule has 1 heterocycles. The molecule has 1 unspecified atom stereocenters. The Kier molecular flexibility index (Phi) is 4.68. The van der Waals surface area contributed by atoms with Crippen LogP contribution in [0.4, 0.5) is 4.39 Å². The van der Waals surface area contributed by atoms with Crippen molar-refractivity contribution in [3.05, 3.63) is 64.4 Å². The molecule has 4 nitrogen and oxygen atoms in total. The molecule has 2 N–H and O–H groups in total. The molecule has 3 rings (SSSR count). The number of hydrogen-bond acceptors (Lipinski definition) is 3. The van der Waals surface area contributed by atoms with Crippen LogP contribution in [-0.2, 0) is 16.4 Å². The van der Waals surface area contributed by atoms with Crippen LogP contribution in [0.3, 0.4) is 0 Å². The normalized spacial score (nSPS) is 17.7. The van der Waals surface area contributed by atoms with E-state index in [1.165, 1.54) is 11.6 Å². The van der Waals surface area contributed by atoms with Gasteiger partial charge in [-0.2, -0.15) is 0 Å². The Bertz CT molecular complexity index is 827. The third-order valence-electron chi connectivity index (χ3n) is 3.88. The zero-order chi connectivity index (χ0) is 16.4. The highest BCUT2D eigenvalue weighted by Crippen LogP contribution is 2.23. The van der Waals surface area contributed by atoms with Gasteiger partial charge in [-0.25, -0.2) is 17.5 Å². The summed E-state index contributed by atoms with van der Waals surface area (Å²) >= 11 is 5.77. The van der Waals surface area contributed by atoms with Gasteiger partial charge in [0, 0.05) is 17.6 Å². The van der Waals surface area contributed by atoms with Gasteiger partial charge in [0.25, 0.3) is 0 Å². The Morgan fingerprint density at radius 1 is 1.26 bits per heavy atom. The molecular formula is C16H16ClFN2O2S. The number of hydrogen-bond donors (Lipinski definition) is 2. The zero-order valence-electron chi connectivity index (χ0n) is 12.2. The summed E-state index contributed by atoms with van der Waals surface area (Å²) in [7, 11) is -3.96. The highest BCUT2D eigenvalue weighted by atomic mass is 35.5. The van der Waals surface area contributed by atoms with Crippen LogP contribution in [-0.4, -0.2) is 21.5 Å². The van der Waals surface area contributed by atoms with Gasteiger partial charge in [0.05, 0.1) is 0 Å². The summed E-state index contributed by atoms with van der Waals surface area (Å²) in [6, 6.07) is 11.2. The maximum Gasteiger partial charge on any atom is 0.243 e. The van der Waals surface area contributed by atoms with E-state index in [0.29, 0.717) is 0 Å². The minimum atomic E-state index is -3.96. The van der Waals surface area contributed by atoms with Crippen molar-refractivity contribution in [3.8, 4) is 0 Å². The van der Waals surface area contributed by atoms with E-state index in [2.05, 4.69) is 10.0 Å². The minimum Gasteiger partial charge on any atom is -0.308 e. The van der Waals surface area contributed by atoms with Crippen molar-refractivity contribution in [3.63, 3.8) is 0 Å². The van der Waals surface area contributed by atoms with Crippen molar-refractivity contribution >= 4 is 21.6 Å². The first-order valence-corrected chi connectivity index (χ1v) is 9.09. The number of rotatable bonds is 4. The van der Waals surface area contributed by atoms with Crippen molar-refractivity contribution in [2.45, 2.75) is 17.4 Å². The molecule has 7 heteroatoms. The smallest absolute Gasteiger partial charge is 0.243 e. The number of sulfonamides is 1. The molecule has 0 spiro atoms. The standard InChI is InChI=1S/C16H16ClFN2O2S/c17-12-5-6-14(18)16(9-12)23(21,22)20-10-15-13-4-2-1-3-11(13)7-8-19-15/h1-6,9,15,19-20H,7-8,10H2. The van der Waals surface area contributed by atoms with Crippen LogP contribution in [0.2, 0.25) is 5.02 Å². The first-order chi connectivity index (χ1) is 11.0. The highest BCUT2D eigenvalue weighted by molar-refractivity contribution is 7.89. The molecule has 0 radical (unpaired) electrons. The molecule has 0 aromatic heterocycles. The van der Waals surface area contributed by atoms with Crippen molar-refractivity contribution < 1.29 is 12.8 Å². The van der Waals surface area contributed by atoms with Crippen LogP contribution in [0.5, 0.6) is 0 Å². The summed E-state index contributed by atoms with van der Waals surface area (Å²) in [4.78, 5) is -0.436. The summed E-state index contributed by atoms with van der Waals surface area (Å²) in [6.45, 7) is 0.917. The molecule has 122 valence electrons. The topological polar surface area (TPSA) is 58.2 Å². The molecule has 2 aromatic rings. The lowest BCUT2D eigenvalue weighted by Gasteiger charge is -2.27. The Morgan fingerprint density at radius 2 is 2.04 bits per heavy atom. The highest BCUT2D eigenvalue weighted by Gasteiger charge is 2.24. The maximum atomic E-state index is 13.8. The molecule has 0 bridgehead atoms. The van der Waals surface area contributed by atoms with Gasteiger partial charge in [0.2, 0.25) is 10.0 Å². The molecular weight excluding hydrogens is 339 g/mol. The van der Waals surface area contributed by atoms with Gasteiger partial charge >= 0.3 is 0 Å². The van der Waals surface area contributed by atoms with Crippen molar-refractivity contribution in [1.29, 1.82) is 0 Å². The third-order valence-corrected chi connectivity index (χ3v) is 5.55. The molecule has 2 aromatic carbocycles. The lowest BCUT2D eigenvalue weighted by molar-refractivity contribution is 0.489. The Morgan fingerprint density at radius 3 is 2.87 bits per heavy atom. The molecule has 1 aliphatic rings. The SMILES string of the molecule is O=S(=O)(NCC1NCCc2ccccc21)c1cc(Cl)ccc1F. The first-order valence-electron chi connectivity index (χ1n) is 7.23. The van der Waals surface area contributed by atoms with Gasteiger partial charge in [-0.1, -0.05) is 35.9 Å². The lowest BCUT2D eigenvalue weighted by Crippen LogP contribution is -2.39. The quantitative estimate of drug-likeness (QED) is 0.887. The van der Waals surface area contributed by atoms with Crippen molar-refractivity contribution in [2.24, 2.45) is 0 Å². The second-order valence-corrected chi connectivity index (χ2v) is 7.55. The summed E-state index contributed by atoms with van der Waals surface area (Å²) in [5.74, 6) is -0.820. The van der Waals surface area contributed by atoms with E-state index in [1.807, 2.05) is 24.3 Å². The van der Waals surface area contributed by atoms with Crippen LogP contribution in [0.25, 0.3) is 0 Å². The fourth-order valence-electron chi connectivity index (χ4n) is 2.73. The first kappa shape index (κ1) is 16.4.